The van der Waals surface area contributed by atoms with Crippen molar-refractivity contribution in [2.24, 2.45) is 0 Å². The highest BCUT2D eigenvalue weighted by Gasteiger charge is 2.32. The van der Waals surface area contributed by atoms with Gasteiger partial charge < -0.3 is 4.74 Å². The van der Waals surface area contributed by atoms with E-state index in [4.69, 9.17) is 4.74 Å². The number of benzene rings is 1. The van der Waals surface area contributed by atoms with Gasteiger partial charge in [-0.15, -0.1) is 0 Å². The molecule has 0 spiro atoms. The third kappa shape index (κ3) is 5.20. The predicted octanol–water partition coefficient (Wildman–Crippen LogP) is 3.21. The van der Waals surface area contributed by atoms with Crippen molar-refractivity contribution in [3.8, 4) is 0 Å². The Bertz CT molecular complexity index is 437. The van der Waals surface area contributed by atoms with Crippen molar-refractivity contribution in [1.29, 1.82) is 0 Å². The Morgan fingerprint density at radius 3 is 2.58 bits per heavy atom. The zero-order chi connectivity index (χ0) is 14.5. The van der Waals surface area contributed by atoms with Gasteiger partial charge in [0.15, 0.2) is 0 Å². The van der Waals surface area contributed by atoms with Crippen molar-refractivity contribution in [1.82, 2.24) is 5.32 Å². The van der Waals surface area contributed by atoms with Gasteiger partial charge >= 0.3 is 12.1 Å². The summed E-state index contributed by atoms with van der Waals surface area (Å²) in [6.45, 7) is 0.435. The first-order valence-electron chi connectivity index (χ1n) is 5.56. The van der Waals surface area contributed by atoms with Crippen LogP contribution in [-0.4, -0.2) is 25.3 Å². The molecule has 1 N–H and O–H groups in total. The van der Waals surface area contributed by atoms with Crippen LogP contribution in [0.4, 0.5) is 13.2 Å². The van der Waals surface area contributed by atoms with Gasteiger partial charge in [-0.05, 0) is 18.6 Å². The van der Waals surface area contributed by atoms with Gasteiger partial charge in [0.25, 0.3) is 0 Å². The summed E-state index contributed by atoms with van der Waals surface area (Å²) in [6, 6.07) is 5.41. The summed E-state index contributed by atoms with van der Waals surface area (Å²) in [7, 11) is 0. The summed E-state index contributed by atoms with van der Waals surface area (Å²) in [5.74, 6) is -0.737. The molecule has 0 aliphatic carbocycles. The topological polar surface area (TPSA) is 38.3 Å². The fourth-order valence-electron chi connectivity index (χ4n) is 1.47. The highest BCUT2D eigenvalue weighted by Crippen LogP contribution is 2.25. The van der Waals surface area contributed by atoms with Gasteiger partial charge in [-0.1, -0.05) is 34.1 Å². The molecular formula is C12H13BrF3NO2. The lowest BCUT2D eigenvalue weighted by Crippen LogP contribution is -2.37. The highest BCUT2D eigenvalue weighted by molar-refractivity contribution is 9.10. The first-order chi connectivity index (χ1) is 8.85. The zero-order valence-corrected chi connectivity index (χ0v) is 11.7. The van der Waals surface area contributed by atoms with Gasteiger partial charge in [0.1, 0.15) is 6.04 Å². The van der Waals surface area contributed by atoms with Crippen LogP contribution in [-0.2, 0) is 9.53 Å². The maximum atomic E-state index is 12.3. The minimum Gasteiger partial charge on any atom is -0.465 e. The van der Waals surface area contributed by atoms with E-state index in [0.717, 1.165) is 0 Å². The molecular weight excluding hydrogens is 327 g/mol. The minimum atomic E-state index is -4.40. The molecule has 0 aromatic heterocycles. The first-order valence-corrected chi connectivity index (χ1v) is 6.35. The Labute approximate surface area is 117 Å². The molecule has 3 nitrogen and oxygen atoms in total. The number of alkyl halides is 3. The highest BCUT2D eigenvalue weighted by atomic mass is 79.9. The summed E-state index contributed by atoms with van der Waals surface area (Å²) >= 11 is 3.21. The van der Waals surface area contributed by atoms with Crippen molar-refractivity contribution in [3.05, 3.63) is 34.3 Å². The van der Waals surface area contributed by atoms with Crippen molar-refractivity contribution >= 4 is 21.9 Å². The van der Waals surface area contributed by atoms with E-state index in [0.29, 0.717) is 10.0 Å². The van der Waals surface area contributed by atoms with Crippen molar-refractivity contribution < 1.29 is 22.7 Å². The molecule has 1 aromatic carbocycles. The number of halogens is 4. The number of carbonyl (C=O) groups excluding carboxylic acids is 1. The average Bonchev–Trinajstić information content (AvgIpc) is 2.30. The van der Waals surface area contributed by atoms with E-state index >= 15 is 0 Å². The van der Waals surface area contributed by atoms with Crippen LogP contribution < -0.4 is 5.32 Å². The minimum absolute atomic E-state index is 0.105. The van der Waals surface area contributed by atoms with E-state index in [2.05, 4.69) is 21.2 Å². The Hall–Kier alpha value is -1.08. The SMILES string of the molecule is CCOC(=O)C(NCC(F)(F)F)c1ccccc1Br. The maximum absolute atomic E-state index is 12.3. The molecule has 0 heterocycles. The van der Waals surface area contributed by atoms with E-state index < -0.39 is 24.7 Å². The number of ether oxygens (including phenoxy) is 1. The van der Waals surface area contributed by atoms with E-state index in [-0.39, 0.29) is 6.61 Å². The van der Waals surface area contributed by atoms with Crippen LogP contribution in [0.1, 0.15) is 18.5 Å². The van der Waals surface area contributed by atoms with Gasteiger partial charge in [-0.2, -0.15) is 13.2 Å². The standard InChI is InChI=1S/C12H13BrF3NO2/c1-2-19-11(18)10(17-7-12(14,15)16)8-5-3-4-6-9(8)13/h3-6,10,17H,2,7H2,1H3. The fraction of sp³-hybridized carbons (Fsp3) is 0.417. The second-order valence-corrected chi connectivity index (χ2v) is 4.56. The maximum Gasteiger partial charge on any atom is 0.401 e. The molecule has 0 radical (unpaired) electrons. The molecule has 106 valence electrons. The Morgan fingerprint density at radius 2 is 2.05 bits per heavy atom. The molecule has 1 unspecified atom stereocenters. The average molecular weight is 340 g/mol. The van der Waals surface area contributed by atoms with Crippen molar-refractivity contribution in [2.75, 3.05) is 13.2 Å². The summed E-state index contributed by atoms with van der Waals surface area (Å²) in [5.41, 5.74) is 0.408. The van der Waals surface area contributed by atoms with Gasteiger partial charge in [0.2, 0.25) is 0 Å². The van der Waals surface area contributed by atoms with Crippen LogP contribution in [0.2, 0.25) is 0 Å². The molecule has 1 rings (SSSR count). The molecule has 7 heteroatoms. The Kier molecular flexibility index (Phi) is 5.81. The molecule has 0 aliphatic heterocycles. The number of hydrogen-bond acceptors (Lipinski definition) is 3. The van der Waals surface area contributed by atoms with Gasteiger partial charge in [-0.3, -0.25) is 5.32 Å². The summed E-state index contributed by atoms with van der Waals surface area (Å²) in [4.78, 5) is 11.7. The molecule has 1 atom stereocenters. The number of nitrogens with one attached hydrogen (secondary N) is 1. The normalized spacial score (nSPS) is 13.1. The third-order valence-electron chi connectivity index (χ3n) is 2.25. The number of rotatable bonds is 5. The van der Waals surface area contributed by atoms with Gasteiger partial charge in [0.05, 0.1) is 13.2 Å². The van der Waals surface area contributed by atoms with Crippen LogP contribution in [0, 0.1) is 0 Å². The molecule has 0 aliphatic rings. The Morgan fingerprint density at radius 1 is 1.42 bits per heavy atom. The van der Waals surface area contributed by atoms with Crippen molar-refractivity contribution in [3.63, 3.8) is 0 Å². The van der Waals surface area contributed by atoms with E-state index in [1.165, 1.54) is 0 Å². The number of esters is 1. The lowest BCUT2D eigenvalue weighted by atomic mass is 10.1. The largest absolute Gasteiger partial charge is 0.465 e. The summed E-state index contributed by atoms with van der Waals surface area (Å²) < 4.78 is 42.1. The van der Waals surface area contributed by atoms with E-state index in [1.807, 2.05) is 0 Å². The lowest BCUT2D eigenvalue weighted by molar-refractivity contribution is -0.149. The second kappa shape index (κ2) is 6.91. The molecule has 0 bridgehead atoms. The zero-order valence-electron chi connectivity index (χ0n) is 10.1. The quantitative estimate of drug-likeness (QED) is 0.837. The fourth-order valence-corrected chi connectivity index (χ4v) is 1.99. The first kappa shape index (κ1) is 16.0. The van der Waals surface area contributed by atoms with E-state index in [1.54, 1.807) is 31.2 Å². The number of hydrogen-bond donors (Lipinski definition) is 1. The van der Waals surface area contributed by atoms with Gasteiger partial charge in [0, 0.05) is 4.47 Å². The molecule has 19 heavy (non-hydrogen) atoms. The summed E-state index contributed by atoms with van der Waals surface area (Å²) in [6.07, 6.45) is -4.40. The van der Waals surface area contributed by atoms with Gasteiger partial charge in [-0.25, -0.2) is 4.79 Å². The predicted molar refractivity (Wildman–Crippen MR) is 67.6 cm³/mol. The lowest BCUT2D eigenvalue weighted by Gasteiger charge is -2.19. The number of carbonyl (C=O) groups is 1. The second-order valence-electron chi connectivity index (χ2n) is 3.70. The van der Waals surface area contributed by atoms with Crippen LogP contribution in [0.15, 0.2) is 28.7 Å². The van der Waals surface area contributed by atoms with Crippen molar-refractivity contribution in [2.45, 2.75) is 19.1 Å². The Balaban J connectivity index is 2.93. The molecule has 0 amide bonds. The van der Waals surface area contributed by atoms with Crippen LogP contribution in [0.5, 0.6) is 0 Å². The smallest absolute Gasteiger partial charge is 0.401 e. The van der Waals surface area contributed by atoms with Crippen LogP contribution in [0.3, 0.4) is 0 Å². The molecule has 0 fully saturated rings. The third-order valence-corrected chi connectivity index (χ3v) is 2.97. The van der Waals surface area contributed by atoms with E-state index in [9.17, 15) is 18.0 Å². The molecule has 1 aromatic rings. The van der Waals surface area contributed by atoms with Crippen LogP contribution >= 0.6 is 15.9 Å². The monoisotopic (exact) mass is 339 g/mol. The summed E-state index contributed by atoms with van der Waals surface area (Å²) in [5, 5.41) is 2.17. The van der Waals surface area contributed by atoms with Crippen LogP contribution in [0.25, 0.3) is 0 Å². The molecule has 0 saturated carbocycles. The molecule has 0 saturated heterocycles.